The number of carbonyl (C=O) groups excluding carboxylic acids is 2. The fraction of sp³-hybridized carbons (Fsp3) is 0.556. The van der Waals surface area contributed by atoms with Crippen LogP contribution >= 0.6 is 0 Å². The van der Waals surface area contributed by atoms with Crippen molar-refractivity contribution in [2.45, 2.75) is 66.2 Å². The zero-order chi connectivity index (χ0) is 30.9. The van der Waals surface area contributed by atoms with Crippen molar-refractivity contribution in [3.05, 3.63) is 76.6 Å². The predicted molar refractivity (Wildman–Crippen MR) is 172 cm³/mol. The quantitative estimate of drug-likeness (QED) is 0.312. The van der Waals surface area contributed by atoms with Gasteiger partial charge in [-0.15, -0.1) is 0 Å². The third-order valence-electron chi connectivity index (χ3n) is 10.3. The molecule has 1 saturated heterocycles. The molecule has 7 heteroatoms. The molecule has 1 saturated carbocycles. The number of hydrogen-bond acceptors (Lipinski definition) is 3. The summed E-state index contributed by atoms with van der Waals surface area (Å²) in [6.45, 7) is 18.1. The molecule has 1 aliphatic heterocycles. The van der Waals surface area contributed by atoms with E-state index >= 15 is 0 Å². The second kappa shape index (κ2) is 12.8. The Hall–Kier alpha value is -3.19. The van der Waals surface area contributed by atoms with E-state index in [2.05, 4.69) is 76.0 Å². The predicted octanol–water partition coefficient (Wildman–Crippen LogP) is 7.36. The minimum Gasteiger partial charge on any atom is -0.333 e. The van der Waals surface area contributed by atoms with Gasteiger partial charge < -0.3 is 15.1 Å². The van der Waals surface area contributed by atoms with E-state index in [4.69, 9.17) is 0 Å². The number of nitrogens with one attached hydrogen (secondary N) is 1. The molecule has 232 valence electrons. The summed E-state index contributed by atoms with van der Waals surface area (Å²) in [6.07, 6.45) is 4.65. The zero-order valence-electron chi connectivity index (χ0n) is 26.8. The van der Waals surface area contributed by atoms with Crippen LogP contribution in [0, 0.1) is 23.1 Å². The first-order valence-corrected chi connectivity index (χ1v) is 16.1. The van der Waals surface area contributed by atoms with Gasteiger partial charge in [-0.3, -0.25) is 9.69 Å². The van der Waals surface area contributed by atoms with Gasteiger partial charge in [0.25, 0.3) is 5.91 Å². The number of amides is 3. The molecule has 0 radical (unpaired) electrons. The summed E-state index contributed by atoms with van der Waals surface area (Å²) in [5.74, 6) is 1.50. The number of benzene rings is 2. The molecule has 2 bridgehead atoms. The lowest BCUT2D eigenvalue weighted by Gasteiger charge is -2.57. The Balaban J connectivity index is 1.21. The molecule has 2 atom stereocenters. The van der Waals surface area contributed by atoms with E-state index in [1.165, 1.54) is 24.1 Å². The third-order valence-corrected chi connectivity index (χ3v) is 10.3. The first kappa shape index (κ1) is 31.2. The molecule has 0 spiro atoms. The van der Waals surface area contributed by atoms with Gasteiger partial charge in [-0.05, 0) is 77.3 Å². The Kier molecular flexibility index (Phi) is 9.31. The van der Waals surface area contributed by atoms with Crippen LogP contribution in [0.3, 0.4) is 0 Å². The van der Waals surface area contributed by atoms with Crippen molar-refractivity contribution in [2.24, 2.45) is 17.3 Å². The second-order valence-corrected chi connectivity index (χ2v) is 13.9. The average Bonchev–Trinajstić information content (AvgIpc) is 2.99. The molecule has 6 nitrogen and oxygen atoms in total. The van der Waals surface area contributed by atoms with Crippen LogP contribution in [0.5, 0.6) is 0 Å². The van der Waals surface area contributed by atoms with Crippen LogP contribution in [0.4, 0.5) is 14.9 Å². The molecular weight excluding hydrogens is 539 g/mol. The molecule has 4 aliphatic rings. The van der Waals surface area contributed by atoms with Gasteiger partial charge in [-0.1, -0.05) is 71.4 Å². The molecule has 1 heterocycles. The molecule has 6 rings (SSSR count). The molecule has 2 unspecified atom stereocenters. The van der Waals surface area contributed by atoms with Crippen molar-refractivity contribution < 1.29 is 14.0 Å². The number of anilines is 1. The lowest BCUT2D eigenvalue weighted by atomic mass is 9.49. The van der Waals surface area contributed by atoms with Gasteiger partial charge in [0.1, 0.15) is 5.82 Å². The summed E-state index contributed by atoms with van der Waals surface area (Å²) in [5.41, 5.74) is 5.46. The number of fused-ring (bicyclic) bond motifs is 1. The summed E-state index contributed by atoms with van der Waals surface area (Å²) in [4.78, 5) is 33.2. The zero-order valence-corrected chi connectivity index (χ0v) is 26.8. The molecule has 2 aromatic carbocycles. The van der Waals surface area contributed by atoms with Crippen molar-refractivity contribution in [2.75, 3.05) is 51.1 Å². The maximum absolute atomic E-state index is 13.6. The molecule has 2 fully saturated rings. The van der Waals surface area contributed by atoms with E-state index in [1.807, 2.05) is 9.80 Å². The van der Waals surface area contributed by atoms with Gasteiger partial charge in [0.05, 0.1) is 0 Å². The monoisotopic (exact) mass is 588 g/mol. The first-order valence-electron chi connectivity index (χ1n) is 16.1. The SMILES string of the molecule is CC(C)c1cccc(C(C)C)c1NC(=O)N1CCN(CCN(CC2=CCC3CC2C3(C)C)C(=O)c2ccc(F)cc2)CC1. The van der Waals surface area contributed by atoms with Crippen LogP contribution in [0.25, 0.3) is 0 Å². The lowest BCUT2D eigenvalue weighted by Crippen LogP contribution is -2.53. The number of rotatable bonds is 9. The molecule has 0 aromatic heterocycles. The highest BCUT2D eigenvalue weighted by molar-refractivity contribution is 5.94. The summed E-state index contributed by atoms with van der Waals surface area (Å²) in [5, 5.41) is 3.26. The van der Waals surface area contributed by atoms with Gasteiger partial charge >= 0.3 is 6.03 Å². The fourth-order valence-electron chi connectivity index (χ4n) is 7.22. The van der Waals surface area contributed by atoms with Crippen LogP contribution < -0.4 is 5.32 Å². The minimum atomic E-state index is -0.338. The molecular formula is C36H49FN4O2. The van der Waals surface area contributed by atoms with Crippen molar-refractivity contribution in [3.8, 4) is 0 Å². The van der Waals surface area contributed by atoms with Crippen molar-refractivity contribution in [1.82, 2.24) is 14.7 Å². The Labute approximate surface area is 257 Å². The topological polar surface area (TPSA) is 55.9 Å². The van der Waals surface area contributed by atoms with Crippen molar-refractivity contribution in [3.63, 3.8) is 0 Å². The number of nitrogens with zero attached hydrogens (tertiary/aromatic N) is 3. The molecule has 1 N–H and O–H groups in total. The molecule has 43 heavy (non-hydrogen) atoms. The maximum atomic E-state index is 13.6. The number of piperazine rings is 1. The molecule has 3 amide bonds. The van der Waals surface area contributed by atoms with Gasteiger partial charge in [0.2, 0.25) is 0 Å². The third kappa shape index (κ3) is 6.67. The Morgan fingerprint density at radius 3 is 2.16 bits per heavy atom. The van der Waals surface area contributed by atoms with Gasteiger partial charge in [-0.25, -0.2) is 9.18 Å². The minimum absolute atomic E-state index is 0.0478. The van der Waals surface area contributed by atoms with E-state index in [0.29, 0.717) is 49.5 Å². The van der Waals surface area contributed by atoms with Gasteiger partial charge in [0.15, 0.2) is 0 Å². The Morgan fingerprint density at radius 2 is 1.60 bits per heavy atom. The van der Waals surface area contributed by atoms with Gasteiger partial charge in [-0.2, -0.15) is 0 Å². The van der Waals surface area contributed by atoms with Crippen LogP contribution in [-0.4, -0.2) is 72.5 Å². The van der Waals surface area contributed by atoms with Crippen molar-refractivity contribution >= 4 is 17.6 Å². The lowest BCUT2D eigenvalue weighted by molar-refractivity contribution is -0.0105. The van der Waals surface area contributed by atoms with Crippen molar-refractivity contribution in [1.29, 1.82) is 0 Å². The van der Waals surface area contributed by atoms with Crippen LogP contribution in [0.2, 0.25) is 0 Å². The smallest absolute Gasteiger partial charge is 0.321 e. The molecule has 2 aromatic rings. The van der Waals surface area contributed by atoms with Gasteiger partial charge in [0, 0.05) is 57.1 Å². The van der Waals surface area contributed by atoms with Crippen LogP contribution in [0.15, 0.2) is 54.1 Å². The number of para-hydroxylation sites is 1. The van der Waals surface area contributed by atoms with Crippen LogP contribution in [-0.2, 0) is 0 Å². The number of halogens is 1. The summed E-state index contributed by atoms with van der Waals surface area (Å²) >= 11 is 0. The maximum Gasteiger partial charge on any atom is 0.321 e. The van der Waals surface area contributed by atoms with E-state index in [9.17, 15) is 14.0 Å². The summed E-state index contributed by atoms with van der Waals surface area (Å²) in [7, 11) is 0. The van der Waals surface area contributed by atoms with E-state index in [1.54, 1.807) is 12.1 Å². The summed E-state index contributed by atoms with van der Waals surface area (Å²) in [6, 6.07) is 12.1. The standard InChI is InChI=1S/C36H49FN4O2/c1-24(2)30-8-7-9-31(25(3)4)33(30)38-35(43)40-19-16-39(17-20-40)18-21-41(34(42)26-11-14-29(37)15-12-26)23-27-10-13-28-22-32(27)36(28,5)6/h7-12,14-15,24-25,28,32H,13,16-23H2,1-6H3,(H,38,43). The van der Waals surface area contributed by atoms with E-state index in [0.717, 1.165) is 48.8 Å². The van der Waals surface area contributed by atoms with Crippen LogP contribution in [0.1, 0.15) is 87.7 Å². The Bertz CT molecular complexity index is 1320. The van der Waals surface area contributed by atoms with E-state index < -0.39 is 0 Å². The highest BCUT2D eigenvalue weighted by Crippen LogP contribution is 2.59. The number of urea groups is 1. The normalized spacial score (nSPS) is 21.4. The number of hydrogen-bond donors (Lipinski definition) is 1. The second-order valence-electron chi connectivity index (χ2n) is 13.9. The molecule has 3 aliphatic carbocycles. The average molecular weight is 589 g/mol. The first-order chi connectivity index (χ1) is 20.5. The largest absolute Gasteiger partial charge is 0.333 e. The number of carbonyl (C=O) groups is 2. The Morgan fingerprint density at radius 1 is 0.977 bits per heavy atom. The highest BCUT2D eigenvalue weighted by atomic mass is 19.1. The number of allylic oxidation sites excluding steroid dienone is 1. The summed E-state index contributed by atoms with van der Waals surface area (Å²) < 4.78 is 13.6. The highest BCUT2D eigenvalue weighted by Gasteiger charge is 2.51. The van der Waals surface area contributed by atoms with E-state index in [-0.39, 0.29) is 23.2 Å². The fourth-order valence-corrected chi connectivity index (χ4v) is 7.22.